The van der Waals surface area contributed by atoms with E-state index in [1.165, 1.54) is 29.5 Å². The fraction of sp³-hybridized carbons (Fsp3) is 0.0870. The first kappa shape index (κ1) is 19.2. The van der Waals surface area contributed by atoms with Gasteiger partial charge in [-0.15, -0.1) is 11.3 Å². The van der Waals surface area contributed by atoms with Crippen molar-refractivity contribution in [2.75, 3.05) is 0 Å². The summed E-state index contributed by atoms with van der Waals surface area (Å²) >= 11 is 1.51. The van der Waals surface area contributed by atoms with Gasteiger partial charge >= 0.3 is 6.18 Å². The molecule has 0 saturated heterocycles. The second kappa shape index (κ2) is 7.37. The van der Waals surface area contributed by atoms with Gasteiger partial charge in [0.1, 0.15) is 0 Å². The van der Waals surface area contributed by atoms with Crippen LogP contribution in [0.1, 0.15) is 26.4 Å². The highest BCUT2D eigenvalue weighted by Gasteiger charge is 2.30. The Kier molecular flexibility index (Phi) is 4.88. The topological polar surface area (TPSA) is 40.1 Å². The molecule has 1 heterocycles. The van der Waals surface area contributed by atoms with Crippen LogP contribution in [0.4, 0.5) is 13.2 Å². The summed E-state index contributed by atoms with van der Waals surface area (Å²) < 4.78 is 39.9. The van der Waals surface area contributed by atoms with Crippen LogP contribution in [0.25, 0.3) is 21.2 Å². The van der Waals surface area contributed by atoms with Gasteiger partial charge in [-0.2, -0.15) is 13.2 Å². The van der Waals surface area contributed by atoms with Crippen LogP contribution in [0.15, 0.2) is 72.8 Å². The monoisotopic (exact) mass is 411 g/mol. The summed E-state index contributed by atoms with van der Waals surface area (Å²) in [6.45, 7) is 0. The van der Waals surface area contributed by atoms with Crippen LogP contribution >= 0.6 is 11.3 Å². The average Bonchev–Trinajstić information content (AvgIpc) is 3.10. The Morgan fingerprint density at radius 1 is 0.931 bits per heavy atom. The van der Waals surface area contributed by atoms with Crippen molar-refractivity contribution in [3.05, 3.63) is 94.4 Å². The zero-order chi connectivity index (χ0) is 20.6. The van der Waals surface area contributed by atoms with Crippen molar-refractivity contribution in [2.45, 2.75) is 12.6 Å². The summed E-state index contributed by atoms with van der Waals surface area (Å²) in [5, 5.41) is 12.1. The van der Waals surface area contributed by atoms with Crippen LogP contribution in [-0.2, 0) is 12.6 Å². The van der Waals surface area contributed by atoms with Gasteiger partial charge in [-0.25, -0.2) is 0 Å². The number of aromatic carboxylic acids is 1. The molecule has 0 fully saturated rings. The number of rotatable bonds is 4. The lowest BCUT2D eigenvalue weighted by Crippen LogP contribution is -2.22. The molecule has 29 heavy (non-hydrogen) atoms. The van der Waals surface area contributed by atoms with E-state index in [1.54, 1.807) is 18.2 Å². The average molecular weight is 411 g/mol. The molecule has 0 unspecified atom stereocenters. The molecule has 0 amide bonds. The van der Waals surface area contributed by atoms with E-state index in [0.717, 1.165) is 32.2 Å². The van der Waals surface area contributed by atoms with Gasteiger partial charge in [0.15, 0.2) is 0 Å². The molecule has 4 rings (SSSR count). The number of carbonyl (C=O) groups excluding carboxylic acids is 1. The summed E-state index contributed by atoms with van der Waals surface area (Å²) in [4.78, 5) is 12.1. The number of hydrogen-bond donors (Lipinski definition) is 0. The van der Waals surface area contributed by atoms with Gasteiger partial charge in [0.25, 0.3) is 0 Å². The molecule has 1 aromatic heterocycles. The number of fused-ring (bicyclic) bond motifs is 1. The number of carboxylic acid groups (broad SMARTS) is 1. The van der Waals surface area contributed by atoms with Crippen molar-refractivity contribution in [3.8, 4) is 11.1 Å². The van der Waals surface area contributed by atoms with Crippen LogP contribution in [0.2, 0.25) is 0 Å². The van der Waals surface area contributed by atoms with E-state index in [-0.39, 0.29) is 5.56 Å². The van der Waals surface area contributed by atoms with Crippen LogP contribution in [-0.4, -0.2) is 5.97 Å². The molecule has 0 radical (unpaired) electrons. The fourth-order valence-corrected chi connectivity index (χ4v) is 4.45. The van der Waals surface area contributed by atoms with Crippen LogP contribution in [0.5, 0.6) is 0 Å². The second-order valence-corrected chi connectivity index (χ2v) is 7.84. The Morgan fingerprint density at radius 3 is 2.45 bits per heavy atom. The number of thiophene rings is 1. The molecular weight excluding hydrogens is 397 g/mol. The summed E-state index contributed by atoms with van der Waals surface area (Å²) in [6.07, 6.45) is -3.98. The van der Waals surface area contributed by atoms with Gasteiger partial charge in [-0.05, 0) is 46.5 Å². The van der Waals surface area contributed by atoms with Gasteiger partial charge in [-0.3, -0.25) is 0 Å². The minimum absolute atomic E-state index is 0.0962. The highest BCUT2D eigenvalue weighted by Crippen LogP contribution is 2.36. The molecular formula is C23H14F3O2S-. The van der Waals surface area contributed by atoms with E-state index < -0.39 is 17.7 Å². The van der Waals surface area contributed by atoms with E-state index in [0.29, 0.717) is 12.0 Å². The maximum absolute atomic E-state index is 13.0. The zero-order valence-electron chi connectivity index (χ0n) is 15.0. The number of benzene rings is 3. The molecule has 0 aliphatic heterocycles. The summed E-state index contributed by atoms with van der Waals surface area (Å²) in [7, 11) is 0. The molecule has 0 aliphatic rings. The van der Waals surface area contributed by atoms with Crippen LogP contribution in [0.3, 0.4) is 0 Å². The predicted octanol–water partition coefficient (Wildman–Crippen LogP) is 5.54. The number of hydrogen-bond acceptors (Lipinski definition) is 3. The Bertz CT molecular complexity index is 1210. The SMILES string of the molecule is O=C([O-])c1cccc(-c2cccc3sc(Cc4cccc(C(F)(F)F)c4)cc23)c1. The molecule has 0 N–H and O–H groups in total. The first-order valence-electron chi connectivity index (χ1n) is 8.80. The third-order valence-corrected chi connectivity index (χ3v) is 5.75. The van der Waals surface area contributed by atoms with Crippen LogP contribution in [0, 0.1) is 0 Å². The third-order valence-electron chi connectivity index (χ3n) is 4.65. The summed E-state index contributed by atoms with van der Waals surface area (Å²) in [5.41, 5.74) is 1.65. The van der Waals surface area contributed by atoms with Gasteiger partial charge in [0, 0.05) is 21.4 Å². The van der Waals surface area contributed by atoms with E-state index >= 15 is 0 Å². The maximum atomic E-state index is 13.0. The molecule has 146 valence electrons. The highest BCUT2D eigenvalue weighted by molar-refractivity contribution is 7.19. The van der Waals surface area contributed by atoms with Crippen LogP contribution < -0.4 is 5.11 Å². The van der Waals surface area contributed by atoms with Crippen molar-refractivity contribution >= 4 is 27.4 Å². The summed E-state index contributed by atoms with van der Waals surface area (Å²) in [6, 6.07) is 19.6. The van der Waals surface area contributed by atoms with E-state index in [1.807, 2.05) is 30.3 Å². The Hall–Kier alpha value is -3.12. The molecule has 0 atom stereocenters. The normalized spacial score (nSPS) is 11.7. The quantitative estimate of drug-likeness (QED) is 0.442. The molecule has 2 nitrogen and oxygen atoms in total. The Labute approximate surface area is 168 Å². The molecule has 0 saturated carbocycles. The third kappa shape index (κ3) is 4.03. The van der Waals surface area contributed by atoms with E-state index in [9.17, 15) is 23.1 Å². The molecule has 4 aromatic rings. The predicted molar refractivity (Wildman–Crippen MR) is 106 cm³/mol. The highest BCUT2D eigenvalue weighted by atomic mass is 32.1. The summed E-state index contributed by atoms with van der Waals surface area (Å²) in [5.74, 6) is -1.24. The van der Waals surface area contributed by atoms with E-state index in [2.05, 4.69) is 0 Å². The molecule has 3 aromatic carbocycles. The largest absolute Gasteiger partial charge is 0.545 e. The smallest absolute Gasteiger partial charge is 0.416 e. The number of alkyl halides is 3. The second-order valence-electron chi connectivity index (χ2n) is 6.67. The number of halogens is 3. The number of carboxylic acids is 1. The first-order valence-corrected chi connectivity index (χ1v) is 9.62. The van der Waals surface area contributed by atoms with Gasteiger partial charge in [0.05, 0.1) is 11.5 Å². The molecule has 0 spiro atoms. The van der Waals surface area contributed by atoms with Crippen molar-refractivity contribution in [2.24, 2.45) is 0 Å². The van der Waals surface area contributed by atoms with E-state index in [4.69, 9.17) is 0 Å². The minimum atomic E-state index is -4.37. The van der Waals surface area contributed by atoms with Crippen molar-refractivity contribution in [1.82, 2.24) is 0 Å². The maximum Gasteiger partial charge on any atom is 0.416 e. The van der Waals surface area contributed by atoms with Gasteiger partial charge in [-0.1, -0.05) is 48.5 Å². The van der Waals surface area contributed by atoms with Crippen molar-refractivity contribution in [3.63, 3.8) is 0 Å². The van der Waals surface area contributed by atoms with Gasteiger partial charge in [0.2, 0.25) is 0 Å². The lowest BCUT2D eigenvalue weighted by Gasteiger charge is -2.08. The molecule has 6 heteroatoms. The molecule has 0 bridgehead atoms. The molecule has 0 aliphatic carbocycles. The lowest BCUT2D eigenvalue weighted by molar-refractivity contribution is -0.255. The minimum Gasteiger partial charge on any atom is -0.545 e. The Morgan fingerprint density at radius 2 is 1.69 bits per heavy atom. The standard InChI is InChI=1S/C23H15F3O2S/c24-23(25,26)17-7-1-4-14(10-17)11-18-13-20-19(8-3-9-21(20)29-18)15-5-2-6-16(12-15)22(27)28/h1-10,12-13H,11H2,(H,27,28)/p-1. The van der Waals surface area contributed by atoms with Crippen molar-refractivity contribution < 1.29 is 23.1 Å². The van der Waals surface area contributed by atoms with Crippen molar-refractivity contribution in [1.29, 1.82) is 0 Å². The number of carbonyl (C=O) groups is 1. The fourth-order valence-electron chi connectivity index (χ4n) is 3.32. The Balaban J connectivity index is 1.72. The van der Waals surface area contributed by atoms with Gasteiger partial charge < -0.3 is 9.90 Å². The lowest BCUT2D eigenvalue weighted by atomic mass is 9.99. The zero-order valence-corrected chi connectivity index (χ0v) is 15.8. The first-order chi connectivity index (χ1) is 13.8.